The van der Waals surface area contributed by atoms with Gasteiger partial charge in [-0.3, -0.25) is 28.8 Å². The maximum Gasteiger partial charge on any atom is 0.314 e. The van der Waals surface area contributed by atoms with Gasteiger partial charge in [0.25, 0.3) is 0 Å². The molecule has 0 aliphatic carbocycles. The van der Waals surface area contributed by atoms with Gasteiger partial charge in [0.2, 0.25) is 0 Å². The fourth-order valence-corrected chi connectivity index (χ4v) is 0.388. The molecule has 0 spiro atoms. The molecule has 0 fully saturated rings. The Labute approximate surface area is 192 Å². The van der Waals surface area contributed by atoms with Crippen LogP contribution in [-0.4, -0.2) is 66.5 Å². The fourth-order valence-electron chi connectivity index (χ4n) is 0.388. The molecule has 12 nitrogen and oxygen atoms in total. The van der Waals surface area contributed by atoms with Crippen molar-refractivity contribution in [2.24, 2.45) is 0 Å². The second-order valence-corrected chi connectivity index (χ2v) is 2.89. The van der Waals surface area contributed by atoms with E-state index in [1.165, 1.54) is 0 Å². The molecule has 0 aliphatic heterocycles. The SMILES string of the molecule is O=C(O)CC(=O)O.O=C(O)CC(=O)O.O=C(O)CC(=O)O.[Gd].[Gd]. The van der Waals surface area contributed by atoms with Gasteiger partial charge in [0.1, 0.15) is 19.3 Å². The van der Waals surface area contributed by atoms with Gasteiger partial charge in [0.15, 0.2) is 0 Å². The quantitative estimate of drug-likeness (QED) is 0.188. The van der Waals surface area contributed by atoms with Crippen LogP contribution >= 0.6 is 0 Å². The number of carboxylic acid groups (broad SMARTS) is 6. The van der Waals surface area contributed by atoms with E-state index in [4.69, 9.17) is 30.6 Å². The smallest absolute Gasteiger partial charge is 0.314 e. The van der Waals surface area contributed by atoms with Crippen LogP contribution in [0, 0.1) is 79.9 Å². The zero-order chi connectivity index (χ0) is 17.6. The van der Waals surface area contributed by atoms with Crippen molar-refractivity contribution in [2.45, 2.75) is 19.3 Å². The number of carboxylic acids is 6. The first-order chi connectivity index (χ1) is 9.38. The Morgan fingerprint density at radius 2 is 0.478 bits per heavy atom. The van der Waals surface area contributed by atoms with Gasteiger partial charge in [-0.05, 0) is 0 Å². The van der Waals surface area contributed by atoms with Gasteiger partial charge in [-0.15, -0.1) is 0 Å². The zero-order valence-corrected chi connectivity index (χ0v) is 15.5. The molecule has 0 saturated carbocycles. The summed E-state index contributed by atoms with van der Waals surface area (Å²) < 4.78 is 0. The van der Waals surface area contributed by atoms with E-state index in [0.29, 0.717) is 0 Å². The van der Waals surface area contributed by atoms with Crippen molar-refractivity contribution in [3.8, 4) is 0 Å². The number of hydrogen-bond donors (Lipinski definition) is 6. The molecule has 0 rings (SSSR count). The van der Waals surface area contributed by atoms with Crippen LogP contribution in [0.15, 0.2) is 0 Å². The summed E-state index contributed by atoms with van der Waals surface area (Å²) >= 11 is 0. The molecular weight excluding hydrogens is 615 g/mol. The van der Waals surface area contributed by atoms with Crippen LogP contribution in [0.2, 0.25) is 0 Å². The largest absolute Gasteiger partial charge is 0.481 e. The predicted octanol–water partition coefficient (Wildman–Crippen LogP) is -1.36. The third kappa shape index (κ3) is 61.9. The topological polar surface area (TPSA) is 224 Å². The summed E-state index contributed by atoms with van der Waals surface area (Å²) in [5, 5.41) is 46.2. The number of carbonyl (C=O) groups is 6. The summed E-state index contributed by atoms with van der Waals surface area (Å²) in [5.74, 6) is -7.88. The molecule has 6 N–H and O–H groups in total. The average molecular weight is 627 g/mol. The molecule has 0 saturated heterocycles. The van der Waals surface area contributed by atoms with Crippen LogP contribution in [0.4, 0.5) is 0 Å². The summed E-state index contributed by atoms with van der Waals surface area (Å²) in [6, 6.07) is 0. The summed E-state index contributed by atoms with van der Waals surface area (Å²) in [6.07, 6.45) is -2.42. The van der Waals surface area contributed by atoms with E-state index in [2.05, 4.69) is 0 Å². The Balaban J connectivity index is -0.0000000675. The van der Waals surface area contributed by atoms with Gasteiger partial charge in [-0.25, -0.2) is 0 Å². The fraction of sp³-hybridized carbons (Fsp3) is 0.333. The van der Waals surface area contributed by atoms with E-state index < -0.39 is 55.1 Å². The third-order valence-electron chi connectivity index (χ3n) is 0.907. The molecule has 0 unspecified atom stereocenters. The van der Waals surface area contributed by atoms with Crippen molar-refractivity contribution in [3.63, 3.8) is 0 Å². The molecule has 0 aliphatic rings. The minimum atomic E-state index is -1.31. The van der Waals surface area contributed by atoms with E-state index in [9.17, 15) is 28.8 Å². The Morgan fingerprint density at radius 1 is 0.391 bits per heavy atom. The minimum Gasteiger partial charge on any atom is -0.481 e. The summed E-state index contributed by atoms with van der Waals surface area (Å²) in [7, 11) is 0. The minimum absolute atomic E-state index is 0. The number of rotatable bonds is 6. The zero-order valence-electron chi connectivity index (χ0n) is 11.0. The summed E-state index contributed by atoms with van der Waals surface area (Å²) in [6.45, 7) is 0. The van der Waals surface area contributed by atoms with Crippen LogP contribution in [0.1, 0.15) is 19.3 Å². The molecule has 0 aromatic rings. The van der Waals surface area contributed by atoms with Crippen molar-refractivity contribution in [1.29, 1.82) is 0 Å². The maximum atomic E-state index is 9.43. The van der Waals surface area contributed by atoms with Crippen molar-refractivity contribution in [1.82, 2.24) is 0 Å². The first-order valence-electron chi connectivity index (χ1n) is 4.69. The Kier molecular flexibility index (Phi) is 31.7. The summed E-state index contributed by atoms with van der Waals surface area (Å²) in [4.78, 5) is 56.6. The van der Waals surface area contributed by atoms with Gasteiger partial charge >= 0.3 is 35.8 Å². The summed E-state index contributed by atoms with van der Waals surface area (Å²) in [5.41, 5.74) is 0. The van der Waals surface area contributed by atoms with Crippen LogP contribution in [0.25, 0.3) is 0 Å². The monoisotopic (exact) mass is 628 g/mol. The van der Waals surface area contributed by atoms with Gasteiger partial charge in [-0.1, -0.05) is 0 Å². The van der Waals surface area contributed by atoms with E-state index in [1.54, 1.807) is 0 Å². The molecule has 0 aromatic carbocycles. The van der Waals surface area contributed by atoms with Crippen LogP contribution < -0.4 is 0 Å². The van der Waals surface area contributed by atoms with Gasteiger partial charge in [0, 0.05) is 79.9 Å². The van der Waals surface area contributed by atoms with Crippen molar-refractivity contribution in [2.75, 3.05) is 0 Å². The van der Waals surface area contributed by atoms with Crippen LogP contribution in [0.5, 0.6) is 0 Å². The Morgan fingerprint density at radius 3 is 0.478 bits per heavy atom. The van der Waals surface area contributed by atoms with E-state index in [0.717, 1.165) is 0 Å². The third-order valence-corrected chi connectivity index (χ3v) is 0.907. The molecule has 0 radical (unpaired) electrons. The Bertz CT molecular complexity index is 321. The molecule has 0 bridgehead atoms. The molecule has 0 heterocycles. The van der Waals surface area contributed by atoms with Crippen molar-refractivity contribution >= 4 is 35.8 Å². The first-order valence-corrected chi connectivity index (χ1v) is 4.69. The van der Waals surface area contributed by atoms with Gasteiger partial charge < -0.3 is 30.6 Å². The molecule has 0 aromatic heterocycles. The van der Waals surface area contributed by atoms with Gasteiger partial charge in [0.05, 0.1) is 0 Å². The molecule has 14 heteroatoms. The average Bonchev–Trinajstić information content (AvgIpc) is 2.10. The number of aliphatic carboxylic acids is 6. The number of hydrogen-bond acceptors (Lipinski definition) is 6. The van der Waals surface area contributed by atoms with Gasteiger partial charge in [-0.2, -0.15) is 0 Å². The normalized spacial score (nSPS) is 7.30. The molecule has 0 amide bonds. The van der Waals surface area contributed by atoms with Crippen LogP contribution in [0.3, 0.4) is 0 Å². The molecule has 136 valence electrons. The Hall–Kier alpha value is -0.531. The second-order valence-electron chi connectivity index (χ2n) is 2.89. The first kappa shape index (κ1) is 33.9. The second kappa shape index (κ2) is 21.5. The van der Waals surface area contributed by atoms with Crippen LogP contribution in [-0.2, 0) is 28.8 Å². The maximum absolute atomic E-state index is 9.43. The van der Waals surface area contributed by atoms with Crippen molar-refractivity contribution in [3.05, 3.63) is 0 Å². The van der Waals surface area contributed by atoms with E-state index in [1.807, 2.05) is 0 Å². The van der Waals surface area contributed by atoms with Crippen molar-refractivity contribution < 1.29 is 139 Å². The van der Waals surface area contributed by atoms with E-state index in [-0.39, 0.29) is 79.9 Å². The molecule has 23 heavy (non-hydrogen) atoms. The standard InChI is InChI=1S/3C3H4O4.2Gd/c3*4-2(5)1-3(6)7;;/h3*1H2,(H,4,5)(H,6,7);;. The van der Waals surface area contributed by atoms with E-state index >= 15 is 0 Å². The predicted molar refractivity (Wildman–Crippen MR) is 59.7 cm³/mol. The molecule has 0 atom stereocenters. The molecular formula is C9H12Gd2O12.